The molecule has 0 saturated heterocycles. The Morgan fingerprint density at radius 1 is 1.25 bits per heavy atom. The van der Waals surface area contributed by atoms with E-state index in [-0.39, 0.29) is 0 Å². The zero-order valence-corrected chi connectivity index (χ0v) is 13.2. The van der Waals surface area contributed by atoms with Gasteiger partial charge in [0.05, 0.1) is 0 Å². The Labute approximate surface area is 123 Å². The summed E-state index contributed by atoms with van der Waals surface area (Å²) in [4.78, 5) is 0. The summed E-state index contributed by atoms with van der Waals surface area (Å²) in [6, 6.07) is 9.55. The second-order valence-corrected chi connectivity index (χ2v) is 6.18. The highest BCUT2D eigenvalue weighted by Crippen LogP contribution is 2.32. The molecule has 2 atom stereocenters. The molecule has 1 aliphatic rings. The predicted molar refractivity (Wildman–Crippen MR) is 85.1 cm³/mol. The van der Waals surface area contributed by atoms with Gasteiger partial charge in [-0.05, 0) is 55.2 Å². The van der Waals surface area contributed by atoms with Gasteiger partial charge in [0.1, 0.15) is 0 Å². The first kappa shape index (κ1) is 15.5. The third kappa shape index (κ3) is 3.83. The standard InChI is InChI=1S/C18H29NO/c1-4-10-19-18(14(2)9-11-20-3)17-12-15-7-5-6-8-16(15)13-17/h5-8,14,17-19H,4,9-13H2,1-3H3. The van der Waals surface area contributed by atoms with Crippen LogP contribution < -0.4 is 5.32 Å². The van der Waals surface area contributed by atoms with Gasteiger partial charge >= 0.3 is 0 Å². The lowest BCUT2D eigenvalue weighted by Gasteiger charge is -2.30. The van der Waals surface area contributed by atoms with E-state index in [0.717, 1.165) is 25.5 Å². The molecule has 0 aliphatic heterocycles. The van der Waals surface area contributed by atoms with Crippen LogP contribution in [0, 0.1) is 11.8 Å². The number of methoxy groups -OCH3 is 1. The molecular weight excluding hydrogens is 246 g/mol. The number of ether oxygens (including phenoxy) is 1. The van der Waals surface area contributed by atoms with Gasteiger partial charge in [0, 0.05) is 19.8 Å². The van der Waals surface area contributed by atoms with Crippen molar-refractivity contribution >= 4 is 0 Å². The van der Waals surface area contributed by atoms with Crippen molar-refractivity contribution in [3.8, 4) is 0 Å². The van der Waals surface area contributed by atoms with Crippen LogP contribution in [0.4, 0.5) is 0 Å². The molecule has 112 valence electrons. The van der Waals surface area contributed by atoms with Gasteiger partial charge in [-0.15, -0.1) is 0 Å². The molecule has 0 amide bonds. The van der Waals surface area contributed by atoms with Crippen molar-refractivity contribution in [3.05, 3.63) is 35.4 Å². The summed E-state index contributed by atoms with van der Waals surface area (Å²) in [6.07, 6.45) is 4.81. The molecule has 1 aliphatic carbocycles. The fourth-order valence-electron chi connectivity index (χ4n) is 3.47. The van der Waals surface area contributed by atoms with Crippen molar-refractivity contribution in [1.82, 2.24) is 5.32 Å². The number of hydrogen-bond donors (Lipinski definition) is 1. The lowest BCUT2D eigenvalue weighted by atomic mass is 9.85. The number of benzene rings is 1. The van der Waals surface area contributed by atoms with Crippen LogP contribution in [-0.2, 0) is 17.6 Å². The minimum absolute atomic E-state index is 0.609. The number of rotatable bonds is 8. The van der Waals surface area contributed by atoms with E-state index in [2.05, 4.69) is 43.4 Å². The molecule has 2 unspecified atom stereocenters. The van der Waals surface area contributed by atoms with Gasteiger partial charge in [-0.1, -0.05) is 38.1 Å². The summed E-state index contributed by atoms with van der Waals surface area (Å²) in [7, 11) is 1.80. The largest absolute Gasteiger partial charge is 0.385 e. The predicted octanol–water partition coefficient (Wildman–Crippen LogP) is 3.44. The molecule has 0 spiro atoms. The van der Waals surface area contributed by atoms with E-state index in [1.807, 2.05) is 0 Å². The normalized spacial score (nSPS) is 17.9. The molecule has 1 N–H and O–H groups in total. The van der Waals surface area contributed by atoms with Gasteiger partial charge in [0.15, 0.2) is 0 Å². The molecule has 0 radical (unpaired) electrons. The number of nitrogens with one attached hydrogen (secondary N) is 1. The minimum Gasteiger partial charge on any atom is -0.385 e. The van der Waals surface area contributed by atoms with E-state index >= 15 is 0 Å². The maximum Gasteiger partial charge on any atom is 0.0465 e. The first-order chi connectivity index (χ1) is 9.76. The Kier molecular flexibility index (Phi) is 6.06. The number of fused-ring (bicyclic) bond motifs is 1. The van der Waals surface area contributed by atoms with E-state index < -0.39 is 0 Å². The molecule has 0 bridgehead atoms. The van der Waals surface area contributed by atoms with E-state index in [4.69, 9.17) is 4.74 Å². The maximum absolute atomic E-state index is 5.26. The summed E-state index contributed by atoms with van der Waals surface area (Å²) in [5.41, 5.74) is 3.11. The van der Waals surface area contributed by atoms with Crippen LogP contribution in [0.15, 0.2) is 24.3 Å². The van der Waals surface area contributed by atoms with Crippen molar-refractivity contribution < 1.29 is 4.74 Å². The van der Waals surface area contributed by atoms with E-state index in [1.54, 1.807) is 18.2 Å². The first-order valence-electron chi connectivity index (χ1n) is 8.05. The lowest BCUT2D eigenvalue weighted by molar-refractivity contribution is 0.158. The van der Waals surface area contributed by atoms with E-state index in [0.29, 0.717) is 12.0 Å². The molecule has 2 nitrogen and oxygen atoms in total. The number of hydrogen-bond acceptors (Lipinski definition) is 2. The first-order valence-corrected chi connectivity index (χ1v) is 8.05. The van der Waals surface area contributed by atoms with Crippen LogP contribution in [0.25, 0.3) is 0 Å². The Hall–Kier alpha value is -0.860. The Balaban J connectivity index is 2.00. The van der Waals surface area contributed by atoms with Crippen molar-refractivity contribution in [2.24, 2.45) is 11.8 Å². The maximum atomic E-state index is 5.26. The Morgan fingerprint density at radius 2 is 1.90 bits per heavy atom. The van der Waals surface area contributed by atoms with Crippen molar-refractivity contribution in [1.29, 1.82) is 0 Å². The quantitative estimate of drug-likeness (QED) is 0.784. The van der Waals surface area contributed by atoms with E-state index in [9.17, 15) is 0 Å². The molecular formula is C18H29NO. The van der Waals surface area contributed by atoms with Gasteiger partial charge in [0.25, 0.3) is 0 Å². The molecule has 1 aromatic rings. The SMILES string of the molecule is CCCNC(C(C)CCOC)C1Cc2ccccc2C1. The second-order valence-electron chi connectivity index (χ2n) is 6.18. The highest BCUT2D eigenvalue weighted by Gasteiger charge is 2.31. The highest BCUT2D eigenvalue weighted by atomic mass is 16.5. The fourth-order valence-corrected chi connectivity index (χ4v) is 3.47. The summed E-state index contributed by atoms with van der Waals surface area (Å²) in [5.74, 6) is 1.41. The van der Waals surface area contributed by atoms with Crippen LogP contribution >= 0.6 is 0 Å². The van der Waals surface area contributed by atoms with Crippen molar-refractivity contribution in [2.45, 2.75) is 45.6 Å². The molecule has 2 heteroatoms. The smallest absolute Gasteiger partial charge is 0.0465 e. The molecule has 20 heavy (non-hydrogen) atoms. The molecule has 0 fully saturated rings. The van der Waals surface area contributed by atoms with Gasteiger partial charge in [-0.2, -0.15) is 0 Å². The van der Waals surface area contributed by atoms with Gasteiger partial charge < -0.3 is 10.1 Å². The average Bonchev–Trinajstić information content (AvgIpc) is 2.89. The van der Waals surface area contributed by atoms with Crippen molar-refractivity contribution in [2.75, 3.05) is 20.3 Å². The zero-order valence-electron chi connectivity index (χ0n) is 13.2. The molecule has 1 aromatic carbocycles. The van der Waals surface area contributed by atoms with Crippen LogP contribution in [0.2, 0.25) is 0 Å². The molecule has 0 heterocycles. The Morgan fingerprint density at radius 3 is 2.45 bits per heavy atom. The minimum atomic E-state index is 0.609. The topological polar surface area (TPSA) is 21.3 Å². The van der Waals surface area contributed by atoms with Crippen LogP contribution in [-0.4, -0.2) is 26.3 Å². The third-order valence-corrected chi connectivity index (χ3v) is 4.61. The molecule has 2 rings (SSSR count). The average molecular weight is 275 g/mol. The van der Waals surface area contributed by atoms with Gasteiger partial charge in [-0.3, -0.25) is 0 Å². The van der Waals surface area contributed by atoms with Gasteiger partial charge in [0.2, 0.25) is 0 Å². The third-order valence-electron chi connectivity index (χ3n) is 4.61. The molecule has 0 saturated carbocycles. The monoisotopic (exact) mass is 275 g/mol. The van der Waals surface area contributed by atoms with Crippen LogP contribution in [0.1, 0.15) is 37.8 Å². The van der Waals surface area contributed by atoms with Crippen molar-refractivity contribution in [3.63, 3.8) is 0 Å². The Bertz CT molecular complexity index is 379. The summed E-state index contributed by atoms with van der Waals surface area (Å²) in [5, 5.41) is 3.80. The summed E-state index contributed by atoms with van der Waals surface area (Å²) < 4.78 is 5.26. The summed E-state index contributed by atoms with van der Waals surface area (Å²) in [6.45, 7) is 6.60. The fraction of sp³-hybridized carbons (Fsp3) is 0.667. The van der Waals surface area contributed by atoms with Crippen LogP contribution in [0.3, 0.4) is 0 Å². The highest BCUT2D eigenvalue weighted by molar-refractivity contribution is 5.32. The second kappa shape index (κ2) is 7.80. The molecule has 0 aromatic heterocycles. The van der Waals surface area contributed by atoms with Gasteiger partial charge in [-0.25, -0.2) is 0 Å². The zero-order chi connectivity index (χ0) is 14.4. The lowest BCUT2D eigenvalue weighted by Crippen LogP contribution is -2.42. The van der Waals surface area contributed by atoms with E-state index in [1.165, 1.54) is 19.3 Å². The summed E-state index contributed by atoms with van der Waals surface area (Å²) >= 11 is 0. The van der Waals surface area contributed by atoms with Crippen LogP contribution in [0.5, 0.6) is 0 Å².